The third-order valence-electron chi connectivity index (χ3n) is 14.8. The van der Waals surface area contributed by atoms with E-state index in [1.165, 1.54) is 52.0 Å². The lowest BCUT2D eigenvalue weighted by Crippen LogP contribution is -2.81. The first-order chi connectivity index (χ1) is 34.3. The molecule has 3 heterocycles. The Labute approximate surface area is 423 Å². The van der Waals surface area contributed by atoms with Gasteiger partial charge in [0.1, 0.15) is 41.7 Å². The molecule has 392 valence electrons. The molecule has 1 unspecified atom stereocenters. The molecule has 1 saturated heterocycles. The molecule has 2 saturated carbocycles. The number of hydrogen-bond donors (Lipinski definition) is 5. The van der Waals surface area contributed by atoms with Crippen molar-refractivity contribution in [3.05, 3.63) is 92.7 Å². The maximum absolute atomic E-state index is 15.3. The minimum Gasteiger partial charge on any atom is -0.488 e. The molecule has 2 aromatic carbocycles. The molecule has 3 aliphatic carbocycles. The molecule has 11 atom stereocenters. The normalized spacial score (nSPS) is 29.9. The summed E-state index contributed by atoms with van der Waals surface area (Å²) in [6.07, 6.45) is -12.2. The maximum Gasteiger partial charge on any atom is 0.408 e. The van der Waals surface area contributed by atoms with E-state index in [9.17, 15) is 44.4 Å². The molecule has 5 aliphatic rings. The van der Waals surface area contributed by atoms with Crippen LogP contribution in [0.1, 0.15) is 116 Å². The van der Waals surface area contributed by atoms with Crippen molar-refractivity contribution in [1.29, 1.82) is 0 Å². The number of carboxylic acid groups (broad SMARTS) is 1. The fourth-order valence-corrected chi connectivity index (χ4v) is 12.1. The second-order valence-electron chi connectivity index (χ2n) is 20.7. The number of carboxylic acids is 1. The highest BCUT2D eigenvalue weighted by Crippen LogP contribution is 2.64. The van der Waals surface area contributed by atoms with Gasteiger partial charge in [0.25, 0.3) is 0 Å². The van der Waals surface area contributed by atoms with Crippen molar-refractivity contribution >= 4 is 53.1 Å². The summed E-state index contributed by atoms with van der Waals surface area (Å²) in [6.45, 7) is 11.5. The van der Waals surface area contributed by atoms with Crippen LogP contribution in [0.4, 0.5) is 4.79 Å². The number of amides is 1. The lowest BCUT2D eigenvalue weighted by Gasteiger charge is -2.67. The molecule has 20 nitrogen and oxygen atoms in total. The topological polar surface area (TPSA) is 286 Å². The molecule has 3 fully saturated rings. The summed E-state index contributed by atoms with van der Waals surface area (Å²) in [7, 11) is 0. The number of fused-ring (bicyclic) bond motifs is 6. The quantitative estimate of drug-likeness (QED) is 0.0954. The number of hydrogen-bond acceptors (Lipinski definition) is 19. The number of aliphatic hydroxyl groups is 3. The molecule has 1 aromatic heterocycles. The van der Waals surface area contributed by atoms with Crippen molar-refractivity contribution in [2.24, 2.45) is 16.7 Å². The van der Waals surface area contributed by atoms with E-state index in [2.05, 4.69) is 5.32 Å². The molecule has 21 heteroatoms. The highest BCUT2D eigenvalue weighted by molar-refractivity contribution is 7.16. The Balaban J connectivity index is 1.28. The number of aliphatic hydroxyl groups excluding tert-OH is 2. The zero-order chi connectivity index (χ0) is 53.2. The first kappa shape index (κ1) is 52.9. The third-order valence-corrected chi connectivity index (χ3v) is 15.9. The van der Waals surface area contributed by atoms with Gasteiger partial charge in [-0.25, -0.2) is 24.0 Å². The smallest absolute Gasteiger partial charge is 0.408 e. The van der Waals surface area contributed by atoms with Crippen molar-refractivity contribution < 1.29 is 91.9 Å². The highest BCUT2D eigenvalue weighted by atomic mass is 32.1. The van der Waals surface area contributed by atoms with Crippen molar-refractivity contribution in [2.45, 2.75) is 134 Å². The van der Waals surface area contributed by atoms with Crippen LogP contribution >= 0.6 is 11.3 Å². The van der Waals surface area contributed by atoms with Crippen molar-refractivity contribution in [3.63, 3.8) is 0 Å². The Bertz CT molecular complexity index is 2730. The number of esters is 4. The van der Waals surface area contributed by atoms with Crippen LogP contribution in [-0.2, 0) is 42.8 Å². The van der Waals surface area contributed by atoms with Crippen LogP contribution < -0.4 is 14.8 Å². The van der Waals surface area contributed by atoms with Crippen LogP contribution in [-0.4, -0.2) is 135 Å². The number of carbonyl (C=O) groups is 7. The summed E-state index contributed by atoms with van der Waals surface area (Å²) in [5, 5.41) is 51.1. The van der Waals surface area contributed by atoms with E-state index in [1.54, 1.807) is 57.2 Å². The fourth-order valence-electron chi connectivity index (χ4n) is 11.2. The lowest BCUT2D eigenvalue weighted by atomic mass is 9.44. The second-order valence-corrected chi connectivity index (χ2v) is 21.7. The summed E-state index contributed by atoms with van der Waals surface area (Å²) in [4.78, 5) is 97.9. The summed E-state index contributed by atoms with van der Waals surface area (Å²) in [6, 6.07) is 13.9. The number of Topliss-reactive ketones (excluding diaryl/α,β-unsaturated/α-hetero) is 1. The SMILES string of the molecule is CC(=O)O[C@@]12COC1C[C@H](O)[C@@]1(C)C(=O)[C@H](O)C3=C(C)[C@@H](OC(=O)[C@H](OC(=O)c4sc(C(=O)O)c5c4OCCCO5)[C@@H](NC(=O)OC(C)(C)C)c4ccccc4)C[C@@](O)([C@@H](OC(=O)c4ccccc4)[C@@H]12)C3(C)C. The molecule has 73 heavy (non-hydrogen) atoms. The Morgan fingerprint density at radius 3 is 2.07 bits per heavy atom. The third kappa shape index (κ3) is 9.23. The molecule has 0 spiro atoms. The van der Waals surface area contributed by atoms with Gasteiger partial charge < -0.3 is 63.6 Å². The first-order valence-electron chi connectivity index (χ1n) is 23.8. The largest absolute Gasteiger partial charge is 0.488 e. The van der Waals surface area contributed by atoms with E-state index in [0.29, 0.717) is 17.8 Å². The maximum atomic E-state index is 15.3. The summed E-state index contributed by atoms with van der Waals surface area (Å²) in [5.41, 5.74) is -9.18. The van der Waals surface area contributed by atoms with Gasteiger partial charge >= 0.3 is 35.9 Å². The fraction of sp³-hybridized carbons (Fsp3) is 0.519. The number of carbonyl (C=O) groups excluding carboxylic acids is 6. The molecule has 2 aliphatic heterocycles. The number of ether oxygens (including phenoxy) is 8. The van der Waals surface area contributed by atoms with E-state index in [1.807, 2.05) is 0 Å². The summed E-state index contributed by atoms with van der Waals surface area (Å²) < 4.78 is 47.7. The molecule has 3 aromatic rings. The lowest BCUT2D eigenvalue weighted by molar-refractivity contribution is -0.346. The van der Waals surface area contributed by atoms with Gasteiger partial charge in [0.15, 0.2) is 32.6 Å². The average molecular weight is 1030 g/mol. The van der Waals surface area contributed by atoms with Gasteiger partial charge in [-0.15, -0.1) is 11.3 Å². The van der Waals surface area contributed by atoms with E-state index in [0.717, 1.165) is 6.92 Å². The van der Waals surface area contributed by atoms with Gasteiger partial charge in [-0.05, 0) is 63.5 Å². The standard InChI is InChI=1S/C52H59NO19S/c1-25-29(68-45(61)35(33(27-16-11-9-12-17-27)53-47(63)72-48(3,4)5)69-46(62)39-37-36(38(73-39)43(58)59)65-20-15-21-66-37)23-52(64)42(70-44(60)28-18-13-10-14-19-28)40-50(8,41(57)34(56)32(25)49(52,6)7)30(55)22-31-51(40,24-67-31)71-26(2)54/h9-14,16-19,29-31,33-35,40,42,55-56,64H,15,20-24H2,1-8H3,(H,53,63)(H,58,59)/t29-,30-,31?,33-,34+,35+,40-,42-,50+,51-,52+/m0/s1. The number of alkyl carbamates (subject to hydrolysis) is 1. The van der Waals surface area contributed by atoms with Crippen molar-refractivity contribution in [2.75, 3.05) is 19.8 Å². The summed E-state index contributed by atoms with van der Waals surface area (Å²) in [5.74, 6) is -8.97. The number of nitrogens with one attached hydrogen (secondary N) is 1. The molecular formula is C52H59NO19S. The van der Waals surface area contributed by atoms with Gasteiger partial charge in [0, 0.05) is 31.6 Å². The minimum absolute atomic E-state index is 0.0215. The van der Waals surface area contributed by atoms with Crippen LogP contribution in [0.2, 0.25) is 0 Å². The van der Waals surface area contributed by atoms with Gasteiger partial charge in [-0.1, -0.05) is 62.4 Å². The molecular weight excluding hydrogens is 975 g/mol. The highest BCUT2D eigenvalue weighted by Gasteiger charge is 2.78. The van der Waals surface area contributed by atoms with Crippen LogP contribution in [0.25, 0.3) is 0 Å². The van der Waals surface area contributed by atoms with E-state index in [4.69, 9.17) is 37.9 Å². The predicted octanol–water partition coefficient (Wildman–Crippen LogP) is 5.05. The van der Waals surface area contributed by atoms with Crippen LogP contribution in [0.15, 0.2) is 71.8 Å². The molecule has 2 bridgehead atoms. The monoisotopic (exact) mass is 1030 g/mol. The Morgan fingerprint density at radius 2 is 1.49 bits per heavy atom. The van der Waals surface area contributed by atoms with E-state index in [-0.39, 0.29) is 64.9 Å². The Hall–Kier alpha value is -6.39. The first-order valence-corrected chi connectivity index (χ1v) is 24.6. The minimum atomic E-state index is -2.51. The van der Waals surface area contributed by atoms with Gasteiger partial charge in [-0.2, -0.15) is 0 Å². The molecule has 5 N–H and O–H groups in total. The Morgan fingerprint density at radius 1 is 0.877 bits per heavy atom. The van der Waals surface area contributed by atoms with E-state index >= 15 is 9.59 Å². The van der Waals surface area contributed by atoms with Crippen molar-refractivity contribution in [1.82, 2.24) is 5.32 Å². The van der Waals surface area contributed by atoms with Gasteiger partial charge in [0.2, 0.25) is 6.10 Å². The number of ketones is 1. The number of benzene rings is 2. The number of aromatic carboxylic acids is 1. The van der Waals surface area contributed by atoms with Crippen LogP contribution in [0, 0.1) is 16.7 Å². The van der Waals surface area contributed by atoms with Crippen LogP contribution in [0.5, 0.6) is 11.5 Å². The Kier molecular flexibility index (Phi) is 14.1. The molecule has 8 rings (SSSR count). The average Bonchev–Trinajstić information content (AvgIpc) is 3.52. The molecule has 1 amide bonds. The molecule has 0 radical (unpaired) electrons. The summed E-state index contributed by atoms with van der Waals surface area (Å²) >= 11 is 0.467. The van der Waals surface area contributed by atoms with E-state index < -0.39 is 129 Å². The second kappa shape index (κ2) is 19.5. The number of thiophene rings is 1. The van der Waals surface area contributed by atoms with Gasteiger partial charge in [0.05, 0.1) is 42.8 Å². The predicted molar refractivity (Wildman–Crippen MR) is 254 cm³/mol. The zero-order valence-electron chi connectivity index (χ0n) is 41.5. The zero-order valence-corrected chi connectivity index (χ0v) is 42.3. The van der Waals surface area contributed by atoms with Gasteiger partial charge in [-0.3, -0.25) is 9.59 Å². The van der Waals surface area contributed by atoms with Crippen molar-refractivity contribution in [3.8, 4) is 11.5 Å². The van der Waals surface area contributed by atoms with Crippen LogP contribution in [0.3, 0.4) is 0 Å². The number of rotatable bonds is 11.